The summed E-state index contributed by atoms with van der Waals surface area (Å²) < 4.78 is 10.7. The van der Waals surface area contributed by atoms with Crippen LogP contribution in [0.4, 0.5) is 11.4 Å². The molecule has 0 amide bonds. The normalized spacial score (nSPS) is 19.2. The number of nitrogen functional groups attached to an aromatic ring is 2. The van der Waals surface area contributed by atoms with Crippen molar-refractivity contribution in [2.45, 2.75) is 12.5 Å². The maximum Gasteiger partial charge on any atom is 0.339 e. The number of hydrogen-bond donors (Lipinski definition) is 3. The Morgan fingerprint density at radius 3 is 2.71 bits per heavy atom. The molecule has 1 fully saturated rings. The zero-order chi connectivity index (χ0) is 12.4. The van der Waals surface area contributed by atoms with E-state index in [1.807, 2.05) is 0 Å². The van der Waals surface area contributed by atoms with Gasteiger partial charge in [-0.1, -0.05) is 0 Å². The van der Waals surface area contributed by atoms with Crippen molar-refractivity contribution in [2.75, 3.05) is 24.7 Å². The molecule has 1 saturated heterocycles. The minimum atomic E-state index is -1.09. The lowest BCUT2D eigenvalue weighted by Crippen LogP contribution is -2.18. The van der Waals surface area contributed by atoms with E-state index in [0.717, 1.165) is 6.42 Å². The van der Waals surface area contributed by atoms with Crippen molar-refractivity contribution < 1.29 is 19.4 Å². The van der Waals surface area contributed by atoms with Crippen LogP contribution in [0.3, 0.4) is 0 Å². The molecule has 0 saturated carbocycles. The lowest BCUT2D eigenvalue weighted by atomic mass is 10.1. The van der Waals surface area contributed by atoms with Crippen molar-refractivity contribution in [1.29, 1.82) is 0 Å². The summed E-state index contributed by atoms with van der Waals surface area (Å²) in [4.78, 5) is 11.1. The van der Waals surface area contributed by atoms with Gasteiger partial charge in [0.05, 0.1) is 24.6 Å². The molecule has 1 aliphatic heterocycles. The molecule has 5 N–H and O–H groups in total. The summed E-state index contributed by atoms with van der Waals surface area (Å²) in [6.45, 7) is 1.08. The summed E-state index contributed by atoms with van der Waals surface area (Å²) in [5, 5.41) is 9.05. The van der Waals surface area contributed by atoms with Gasteiger partial charge in [-0.05, 0) is 6.07 Å². The molecule has 1 atom stereocenters. The van der Waals surface area contributed by atoms with E-state index < -0.39 is 5.97 Å². The molecule has 0 radical (unpaired) electrons. The third-order valence-electron chi connectivity index (χ3n) is 2.60. The molecule has 6 nitrogen and oxygen atoms in total. The van der Waals surface area contributed by atoms with Crippen LogP contribution >= 0.6 is 0 Å². The second-order valence-corrected chi connectivity index (χ2v) is 3.89. The molecule has 1 unspecified atom stereocenters. The van der Waals surface area contributed by atoms with E-state index in [0.29, 0.717) is 18.9 Å². The molecule has 1 aromatic rings. The van der Waals surface area contributed by atoms with Crippen LogP contribution in [-0.2, 0) is 4.74 Å². The second kappa shape index (κ2) is 4.50. The Labute approximate surface area is 98.1 Å². The molecule has 92 valence electrons. The summed E-state index contributed by atoms with van der Waals surface area (Å²) in [6, 6.07) is 2.75. The van der Waals surface area contributed by atoms with Crippen molar-refractivity contribution in [2.24, 2.45) is 0 Å². The number of nitrogens with two attached hydrogens (primary N) is 2. The maximum absolute atomic E-state index is 11.1. The molecule has 2 rings (SSSR count). The Hall–Kier alpha value is -1.95. The number of anilines is 2. The fourth-order valence-corrected chi connectivity index (χ4v) is 1.66. The van der Waals surface area contributed by atoms with Gasteiger partial charge in [0.15, 0.2) is 0 Å². The van der Waals surface area contributed by atoms with E-state index in [9.17, 15) is 4.79 Å². The summed E-state index contributed by atoms with van der Waals surface area (Å²) in [6.07, 6.45) is 0.611. The standard InChI is InChI=1S/C11H14N2O4/c12-8-3-7(11(14)15)10(4-9(8)13)17-6-1-2-16-5-6/h3-4,6H,1-2,5,12-13H2,(H,14,15). The highest BCUT2D eigenvalue weighted by Crippen LogP contribution is 2.29. The lowest BCUT2D eigenvalue weighted by molar-refractivity contribution is 0.0687. The highest BCUT2D eigenvalue weighted by atomic mass is 16.5. The SMILES string of the molecule is Nc1cc(OC2CCOC2)c(C(=O)O)cc1N. The monoisotopic (exact) mass is 238 g/mol. The molecule has 1 heterocycles. The van der Waals surface area contributed by atoms with E-state index in [1.54, 1.807) is 0 Å². The summed E-state index contributed by atoms with van der Waals surface area (Å²) in [5.74, 6) is -0.856. The third kappa shape index (κ3) is 2.42. The average Bonchev–Trinajstić information content (AvgIpc) is 2.75. The molecule has 0 aromatic heterocycles. The Bertz CT molecular complexity index is 441. The highest BCUT2D eigenvalue weighted by Gasteiger charge is 2.21. The third-order valence-corrected chi connectivity index (χ3v) is 2.60. The number of carboxylic acids is 1. The molecule has 17 heavy (non-hydrogen) atoms. The van der Waals surface area contributed by atoms with Crippen LogP contribution in [0.2, 0.25) is 0 Å². The van der Waals surface area contributed by atoms with Gasteiger partial charge < -0.3 is 26.0 Å². The number of carboxylic acid groups (broad SMARTS) is 1. The topological polar surface area (TPSA) is 108 Å². The van der Waals surface area contributed by atoms with E-state index in [4.69, 9.17) is 26.0 Å². The van der Waals surface area contributed by atoms with Gasteiger partial charge in [-0.15, -0.1) is 0 Å². The second-order valence-electron chi connectivity index (χ2n) is 3.89. The van der Waals surface area contributed by atoms with Crippen LogP contribution in [0.25, 0.3) is 0 Å². The zero-order valence-electron chi connectivity index (χ0n) is 9.18. The number of ether oxygens (including phenoxy) is 2. The number of carbonyl (C=O) groups is 1. The van der Waals surface area contributed by atoms with Gasteiger partial charge in [0.2, 0.25) is 0 Å². The molecule has 0 aliphatic carbocycles. The van der Waals surface area contributed by atoms with Crippen LogP contribution in [0.1, 0.15) is 16.8 Å². The molecular formula is C11H14N2O4. The predicted molar refractivity (Wildman–Crippen MR) is 62.1 cm³/mol. The Morgan fingerprint density at radius 1 is 1.41 bits per heavy atom. The first kappa shape index (κ1) is 11.5. The Kier molecular flexibility index (Phi) is 3.06. The predicted octanol–water partition coefficient (Wildman–Crippen LogP) is 0.717. The first-order valence-electron chi connectivity index (χ1n) is 5.24. The Morgan fingerprint density at radius 2 is 2.12 bits per heavy atom. The summed E-state index contributed by atoms with van der Waals surface area (Å²) in [5.41, 5.74) is 11.8. The van der Waals surface area contributed by atoms with Gasteiger partial charge >= 0.3 is 5.97 Å². The van der Waals surface area contributed by atoms with Gasteiger partial charge in [0, 0.05) is 12.5 Å². The quantitative estimate of drug-likeness (QED) is 0.669. The molecule has 1 aromatic carbocycles. The van der Waals surface area contributed by atoms with Crippen molar-refractivity contribution in [1.82, 2.24) is 0 Å². The fourth-order valence-electron chi connectivity index (χ4n) is 1.66. The fraction of sp³-hybridized carbons (Fsp3) is 0.364. The smallest absolute Gasteiger partial charge is 0.339 e. The van der Waals surface area contributed by atoms with Crippen LogP contribution in [0, 0.1) is 0 Å². The lowest BCUT2D eigenvalue weighted by Gasteiger charge is -2.15. The van der Waals surface area contributed by atoms with Crippen molar-refractivity contribution in [3.8, 4) is 5.75 Å². The van der Waals surface area contributed by atoms with E-state index in [1.165, 1.54) is 12.1 Å². The van der Waals surface area contributed by atoms with Crippen LogP contribution in [0.5, 0.6) is 5.75 Å². The minimum absolute atomic E-state index is 0.0172. The van der Waals surface area contributed by atoms with Crippen molar-refractivity contribution in [3.05, 3.63) is 17.7 Å². The highest BCUT2D eigenvalue weighted by molar-refractivity contribution is 5.93. The van der Waals surface area contributed by atoms with Gasteiger partial charge in [0.1, 0.15) is 17.4 Å². The molecule has 0 bridgehead atoms. The van der Waals surface area contributed by atoms with Crippen LogP contribution in [-0.4, -0.2) is 30.4 Å². The van der Waals surface area contributed by atoms with Crippen molar-refractivity contribution >= 4 is 17.3 Å². The average molecular weight is 238 g/mol. The first-order chi connectivity index (χ1) is 8.08. The molecular weight excluding hydrogens is 224 g/mol. The zero-order valence-corrected chi connectivity index (χ0v) is 9.18. The van der Waals surface area contributed by atoms with Gasteiger partial charge in [-0.3, -0.25) is 0 Å². The first-order valence-corrected chi connectivity index (χ1v) is 5.24. The summed E-state index contributed by atoms with van der Waals surface area (Å²) in [7, 11) is 0. The van der Waals surface area contributed by atoms with Crippen molar-refractivity contribution in [3.63, 3.8) is 0 Å². The summed E-state index contributed by atoms with van der Waals surface area (Å²) >= 11 is 0. The van der Waals surface area contributed by atoms with E-state index in [-0.39, 0.29) is 23.1 Å². The number of benzene rings is 1. The largest absolute Gasteiger partial charge is 0.487 e. The number of aromatic carboxylic acids is 1. The van der Waals surface area contributed by atoms with Gasteiger partial charge in [0.25, 0.3) is 0 Å². The molecule has 6 heteroatoms. The van der Waals surface area contributed by atoms with E-state index in [2.05, 4.69) is 0 Å². The molecule has 1 aliphatic rings. The van der Waals surface area contributed by atoms with Gasteiger partial charge in [-0.2, -0.15) is 0 Å². The number of rotatable bonds is 3. The van der Waals surface area contributed by atoms with Crippen LogP contribution in [0.15, 0.2) is 12.1 Å². The van der Waals surface area contributed by atoms with Crippen LogP contribution < -0.4 is 16.2 Å². The maximum atomic E-state index is 11.1. The van der Waals surface area contributed by atoms with Gasteiger partial charge in [-0.25, -0.2) is 4.79 Å². The number of hydrogen-bond acceptors (Lipinski definition) is 5. The van der Waals surface area contributed by atoms with E-state index >= 15 is 0 Å². The Balaban J connectivity index is 2.29. The molecule has 0 spiro atoms. The minimum Gasteiger partial charge on any atom is -0.487 e.